The van der Waals surface area contributed by atoms with E-state index < -0.39 is 10.0 Å². The molecule has 1 aliphatic rings. The van der Waals surface area contributed by atoms with E-state index in [2.05, 4.69) is 38.9 Å². The minimum atomic E-state index is -3.57. The van der Waals surface area contributed by atoms with Crippen molar-refractivity contribution in [3.05, 3.63) is 53.6 Å². The Kier molecular flexibility index (Phi) is 6.56. The van der Waals surface area contributed by atoms with Crippen molar-refractivity contribution < 1.29 is 13.2 Å². The molecule has 1 heterocycles. The molecule has 1 amide bonds. The van der Waals surface area contributed by atoms with Crippen LogP contribution in [-0.2, 0) is 14.8 Å². The highest BCUT2D eigenvalue weighted by atomic mass is 32.2. The average molecular weight is 417 g/mol. The van der Waals surface area contributed by atoms with Gasteiger partial charge in [0.15, 0.2) is 0 Å². The minimum Gasteiger partial charge on any atom is -0.369 e. The van der Waals surface area contributed by atoms with Crippen LogP contribution >= 0.6 is 0 Å². The number of carbonyl (C=O) groups excluding carboxylic acids is 1. The van der Waals surface area contributed by atoms with Crippen LogP contribution < -0.4 is 14.9 Å². The zero-order chi connectivity index (χ0) is 21.0. The van der Waals surface area contributed by atoms with Gasteiger partial charge in [-0.2, -0.15) is 0 Å². The Morgan fingerprint density at radius 1 is 1.00 bits per heavy atom. The second-order valence-electron chi connectivity index (χ2n) is 7.29. The molecule has 2 N–H and O–H groups in total. The third-order valence-corrected chi connectivity index (χ3v) is 6.78. The van der Waals surface area contributed by atoms with Crippen molar-refractivity contribution in [2.45, 2.75) is 18.7 Å². The number of benzene rings is 2. The maximum Gasteiger partial charge on any atom is 0.240 e. The highest BCUT2D eigenvalue weighted by Crippen LogP contribution is 2.22. The lowest BCUT2D eigenvalue weighted by Gasteiger charge is -2.36. The van der Waals surface area contributed by atoms with Gasteiger partial charge in [-0.25, -0.2) is 13.1 Å². The Bertz CT molecular complexity index is 983. The van der Waals surface area contributed by atoms with E-state index in [4.69, 9.17) is 0 Å². The summed E-state index contributed by atoms with van der Waals surface area (Å²) < 4.78 is 26.5. The number of piperazine rings is 1. The summed E-state index contributed by atoms with van der Waals surface area (Å²) in [7, 11) is -2.20. The van der Waals surface area contributed by atoms with Gasteiger partial charge in [0.25, 0.3) is 0 Å². The van der Waals surface area contributed by atoms with Crippen molar-refractivity contribution in [1.29, 1.82) is 0 Å². The van der Waals surface area contributed by atoms with Crippen LogP contribution in [0.1, 0.15) is 11.1 Å². The van der Waals surface area contributed by atoms with Crippen LogP contribution in [-0.4, -0.2) is 59.0 Å². The maximum absolute atomic E-state index is 12.5. The predicted molar refractivity (Wildman–Crippen MR) is 116 cm³/mol. The number of nitrogens with one attached hydrogen (secondary N) is 2. The number of anilines is 2. The van der Waals surface area contributed by atoms with Gasteiger partial charge in [-0.15, -0.1) is 0 Å². The molecule has 0 aliphatic carbocycles. The Hall–Kier alpha value is -2.42. The third kappa shape index (κ3) is 5.14. The molecular formula is C21H28N4O3S. The molecular weight excluding hydrogens is 388 g/mol. The fourth-order valence-electron chi connectivity index (χ4n) is 3.55. The standard InChI is InChI=1S/C21H28N4O3S/c1-16-6-4-5-7-19(16)25-12-10-24(11-13-25)15-21(26)23-18-9-8-17(2)20(14-18)29(27,28)22-3/h4-9,14,22H,10-13,15H2,1-3H3,(H,23,26). The predicted octanol–water partition coefficient (Wildman–Crippen LogP) is 1.97. The van der Waals surface area contributed by atoms with Gasteiger partial charge < -0.3 is 10.2 Å². The molecule has 0 bridgehead atoms. The number of carbonyl (C=O) groups is 1. The van der Waals surface area contributed by atoms with Gasteiger partial charge in [0, 0.05) is 37.6 Å². The summed E-state index contributed by atoms with van der Waals surface area (Å²) in [5, 5.41) is 2.82. The summed E-state index contributed by atoms with van der Waals surface area (Å²) in [5.74, 6) is -0.147. The summed E-state index contributed by atoms with van der Waals surface area (Å²) in [6.07, 6.45) is 0. The third-order valence-electron chi connectivity index (χ3n) is 5.23. The molecule has 7 nitrogen and oxygen atoms in total. The first kappa shape index (κ1) is 21.3. The first-order valence-corrected chi connectivity index (χ1v) is 11.2. The molecule has 1 fully saturated rings. The van der Waals surface area contributed by atoms with Gasteiger partial charge in [-0.3, -0.25) is 9.69 Å². The number of hydrogen-bond donors (Lipinski definition) is 2. The zero-order valence-electron chi connectivity index (χ0n) is 17.1. The molecule has 29 heavy (non-hydrogen) atoms. The van der Waals surface area contributed by atoms with Crippen molar-refractivity contribution in [3.63, 3.8) is 0 Å². The van der Waals surface area contributed by atoms with Gasteiger partial charge in [0.05, 0.1) is 11.4 Å². The lowest BCUT2D eigenvalue weighted by atomic mass is 10.1. The molecule has 0 radical (unpaired) electrons. The molecule has 1 aliphatic heterocycles. The normalized spacial score (nSPS) is 15.3. The van der Waals surface area contributed by atoms with Crippen molar-refractivity contribution in [2.24, 2.45) is 0 Å². The van der Waals surface area contributed by atoms with Gasteiger partial charge >= 0.3 is 0 Å². The summed E-state index contributed by atoms with van der Waals surface area (Å²) in [5.41, 5.74) is 3.61. The molecule has 0 spiro atoms. The van der Waals surface area contributed by atoms with Gasteiger partial charge in [0.2, 0.25) is 15.9 Å². The molecule has 0 aromatic heterocycles. The number of nitrogens with zero attached hydrogens (tertiary/aromatic N) is 2. The van der Waals surface area contributed by atoms with Crippen LogP contribution in [0.15, 0.2) is 47.4 Å². The van der Waals surface area contributed by atoms with E-state index in [1.54, 1.807) is 19.1 Å². The molecule has 156 valence electrons. The van der Waals surface area contributed by atoms with E-state index in [1.807, 2.05) is 12.1 Å². The zero-order valence-corrected chi connectivity index (χ0v) is 17.9. The number of aryl methyl sites for hydroxylation is 2. The van der Waals surface area contributed by atoms with Crippen molar-refractivity contribution in [2.75, 3.05) is 50.0 Å². The molecule has 2 aromatic carbocycles. The highest BCUT2D eigenvalue weighted by molar-refractivity contribution is 7.89. The Balaban J connectivity index is 1.57. The molecule has 0 atom stereocenters. The number of para-hydroxylation sites is 1. The Labute approximate surface area is 172 Å². The summed E-state index contributed by atoms with van der Waals surface area (Å²) in [4.78, 5) is 17.1. The van der Waals surface area contributed by atoms with Gasteiger partial charge in [0.1, 0.15) is 0 Å². The largest absolute Gasteiger partial charge is 0.369 e. The Morgan fingerprint density at radius 3 is 2.34 bits per heavy atom. The first-order chi connectivity index (χ1) is 13.8. The van der Waals surface area contributed by atoms with Crippen molar-refractivity contribution in [3.8, 4) is 0 Å². The van der Waals surface area contributed by atoms with Crippen LogP contribution in [0.2, 0.25) is 0 Å². The smallest absolute Gasteiger partial charge is 0.240 e. The molecule has 0 saturated carbocycles. The average Bonchev–Trinajstić information content (AvgIpc) is 2.70. The van der Waals surface area contributed by atoms with E-state index in [1.165, 1.54) is 24.4 Å². The molecule has 0 unspecified atom stereocenters. The van der Waals surface area contributed by atoms with Crippen LogP contribution in [0.3, 0.4) is 0 Å². The number of amides is 1. The summed E-state index contributed by atoms with van der Waals surface area (Å²) in [6, 6.07) is 13.2. The van der Waals surface area contributed by atoms with E-state index in [0.717, 1.165) is 26.2 Å². The minimum absolute atomic E-state index is 0.147. The molecule has 3 rings (SSSR count). The van der Waals surface area contributed by atoms with Gasteiger partial charge in [-0.05, 0) is 50.2 Å². The fraction of sp³-hybridized carbons (Fsp3) is 0.381. The van der Waals surface area contributed by atoms with Crippen molar-refractivity contribution in [1.82, 2.24) is 9.62 Å². The van der Waals surface area contributed by atoms with E-state index in [9.17, 15) is 13.2 Å². The van der Waals surface area contributed by atoms with Gasteiger partial charge in [-0.1, -0.05) is 24.3 Å². The number of rotatable bonds is 6. The second-order valence-corrected chi connectivity index (χ2v) is 9.14. The fourth-order valence-corrected chi connectivity index (χ4v) is 4.54. The topological polar surface area (TPSA) is 81.8 Å². The van der Waals surface area contributed by atoms with Crippen LogP contribution in [0.5, 0.6) is 0 Å². The van der Waals surface area contributed by atoms with E-state index >= 15 is 0 Å². The molecule has 1 saturated heterocycles. The quantitative estimate of drug-likeness (QED) is 0.753. The Morgan fingerprint density at radius 2 is 1.69 bits per heavy atom. The lowest BCUT2D eigenvalue weighted by Crippen LogP contribution is -2.48. The second kappa shape index (κ2) is 8.94. The highest BCUT2D eigenvalue weighted by Gasteiger charge is 2.21. The van der Waals surface area contributed by atoms with E-state index in [0.29, 0.717) is 11.3 Å². The SMILES string of the molecule is CNS(=O)(=O)c1cc(NC(=O)CN2CCN(c3ccccc3C)CC2)ccc1C. The number of sulfonamides is 1. The van der Waals surface area contributed by atoms with Crippen LogP contribution in [0, 0.1) is 13.8 Å². The summed E-state index contributed by atoms with van der Waals surface area (Å²) >= 11 is 0. The van der Waals surface area contributed by atoms with Crippen molar-refractivity contribution >= 4 is 27.3 Å². The molecule has 2 aromatic rings. The summed E-state index contributed by atoms with van der Waals surface area (Å²) in [6.45, 7) is 7.46. The number of hydrogen-bond acceptors (Lipinski definition) is 5. The van der Waals surface area contributed by atoms with E-state index in [-0.39, 0.29) is 17.3 Å². The monoisotopic (exact) mass is 416 g/mol. The van der Waals surface area contributed by atoms with Crippen LogP contribution in [0.25, 0.3) is 0 Å². The molecule has 8 heteroatoms. The maximum atomic E-state index is 12.5. The lowest BCUT2D eigenvalue weighted by molar-refractivity contribution is -0.117. The first-order valence-electron chi connectivity index (χ1n) is 9.67. The van der Waals surface area contributed by atoms with Crippen LogP contribution in [0.4, 0.5) is 11.4 Å².